The van der Waals surface area contributed by atoms with E-state index in [-0.39, 0.29) is 18.0 Å². The Labute approximate surface area is 198 Å². The van der Waals surface area contributed by atoms with Gasteiger partial charge in [-0.2, -0.15) is 4.31 Å². The number of hydrogen-bond donors (Lipinski definition) is 2. The molecule has 0 aliphatic carbocycles. The minimum absolute atomic E-state index is 0.0628. The number of fused-ring (bicyclic) bond motifs is 1. The highest BCUT2D eigenvalue weighted by Crippen LogP contribution is 2.38. The maximum atomic E-state index is 13.5. The number of nitrogens with zero attached hydrogens (tertiary/aromatic N) is 1. The lowest BCUT2D eigenvalue weighted by Crippen LogP contribution is -2.64. The van der Waals surface area contributed by atoms with Crippen LogP contribution in [0.4, 0.5) is 0 Å². The topological polar surface area (TPSA) is 124 Å². The predicted octanol–water partition coefficient (Wildman–Crippen LogP) is 1.20. The van der Waals surface area contributed by atoms with E-state index in [2.05, 4.69) is 5.48 Å². The second-order valence-corrected chi connectivity index (χ2v) is 10.4. The Morgan fingerprint density at radius 2 is 1.82 bits per heavy atom. The van der Waals surface area contributed by atoms with Crippen LogP contribution in [0.15, 0.2) is 59.5 Å². The Morgan fingerprint density at radius 3 is 2.47 bits per heavy atom. The molecule has 4 rings (SSSR count). The van der Waals surface area contributed by atoms with Gasteiger partial charge in [0.05, 0.1) is 18.6 Å². The molecule has 0 radical (unpaired) electrons. The summed E-state index contributed by atoms with van der Waals surface area (Å²) in [6.45, 7) is 3.33. The van der Waals surface area contributed by atoms with Crippen LogP contribution in [0.1, 0.15) is 19.4 Å². The molecule has 11 heteroatoms. The number of methoxy groups -OCH3 is 1. The van der Waals surface area contributed by atoms with Crippen LogP contribution in [0.3, 0.4) is 0 Å². The van der Waals surface area contributed by atoms with Crippen molar-refractivity contribution >= 4 is 16.0 Å². The van der Waals surface area contributed by atoms with Crippen molar-refractivity contribution in [3.8, 4) is 5.75 Å². The highest BCUT2D eigenvalue weighted by Gasteiger charge is 2.57. The summed E-state index contributed by atoms with van der Waals surface area (Å²) >= 11 is 0. The zero-order valence-corrected chi connectivity index (χ0v) is 19.9. The Morgan fingerprint density at radius 1 is 1.15 bits per heavy atom. The molecule has 2 aliphatic heterocycles. The monoisotopic (exact) mass is 492 g/mol. The van der Waals surface area contributed by atoms with E-state index in [1.807, 2.05) is 30.3 Å². The standard InChI is InChI=1S/C23H28N2O8S/c1-23(2)31-18-14-25(34(28,29)17-11-9-16(30-3)10-12-17)19(20(26)21(18)32-23)22(27)33-24-13-15-7-5-4-6-8-15/h4-12,18-21,24,26H,13-14H2,1-3H3/t18-,19+,20+,21+/m0/s1. The fourth-order valence-corrected chi connectivity index (χ4v) is 5.77. The largest absolute Gasteiger partial charge is 0.497 e. The first kappa shape index (κ1) is 24.6. The van der Waals surface area contributed by atoms with Crippen molar-refractivity contribution < 1.29 is 37.4 Å². The number of carbonyl (C=O) groups is 1. The molecular formula is C23H28N2O8S. The molecule has 4 atom stereocenters. The summed E-state index contributed by atoms with van der Waals surface area (Å²) in [7, 11) is -2.74. The number of benzene rings is 2. The number of piperidine rings is 1. The van der Waals surface area contributed by atoms with Crippen LogP contribution in [0, 0.1) is 0 Å². The van der Waals surface area contributed by atoms with Gasteiger partial charge in [-0.15, -0.1) is 5.48 Å². The predicted molar refractivity (Wildman–Crippen MR) is 120 cm³/mol. The normalized spacial score (nSPS) is 26.6. The van der Waals surface area contributed by atoms with Crippen molar-refractivity contribution in [1.29, 1.82) is 0 Å². The van der Waals surface area contributed by atoms with Crippen molar-refractivity contribution in [2.24, 2.45) is 0 Å². The van der Waals surface area contributed by atoms with Gasteiger partial charge in [0.15, 0.2) is 11.8 Å². The van der Waals surface area contributed by atoms with E-state index in [1.54, 1.807) is 13.8 Å². The maximum absolute atomic E-state index is 13.5. The SMILES string of the molecule is COc1ccc(S(=O)(=O)N2C[C@@H]3OC(C)(C)O[C@H]3[C@H](O)[C@@H]2C(=O)ONCc2ccccc2)cc1. The zero-order chi connectivity index (χ0) is 24.5. The third kappa shape index (κ3) is 4.95. The molecule has 184 valence electrons. The minimum Gasteiger partial charge on any atom is -0.497 e. The second-order valence-electron chi connectivity index (χ2n) is 8.55. The van der Waals surface area contributed by atoms with E-state index >= 15 is 0 Å². The fraction of sp³-hybridized carbons (Fsp3) is 0.435. The molecule has 2 aliphatic rings. The molecular weight excluding hydrogens is 464 g/mol. The third-order valence-corrected chi connectivity index (χ3v) is 7.61. The number of nitrogens with one attached hydrogen (secondary N) is 1. The van der Waals surface area contributed by atoms with Gasteiger partial charge >= 0.3 is 5.97 Å². The molecule has 10 nitrogen and oxygen atoms in total. The average Bonchev–Trinajstić information content (AvgIpc) is 3.14. The van der Waals surface area contributed by atoms with E-state index in [0.717, 1.165) is 9.87 Å². The maximum Gasteiger partial charge on any atom is 0.345 e. The second kappa shape index (κ2) is 9.61. The number of ether oxygens (including phenoxy) is 3. The van der Waals surface area contributed by atoms with Crippen LogP contribution in [-0.2, 0) is 35.7 Å². The van der Waals surface area contributed by atoms with Crippen molar-refractivity contribution in [3.05, 3.63) is 60.2 Å². The van der Waals surface area contributed by atoms with Crippen LogP contribution in [0.5, 0.6) is 5.75 Å². The van der Waals surface area contributed by atoms with Gasteiger partial charge in [0.2, 0.25) is 10.0 Å². The fourth-order valence-electron chi connectivity index (χ4n) is 4.17. The molecule has 34 heavy (non-hydrogen) atoms. The van der Waals surface area contributed by atoms with Crippen molar-refractivity contribution in [2.45, 2.75) is 55.4 Å². The smallest absolute Gasteiger partial charge is 0.345 e. The molecule has 0 unspecified atom stereocenters. The van der Waals surface area contributed by atoms with E-state index in [0.29, 0.717) is 5.75 Å². The van der Waals surface area contributed by atoms with Gasteiger partial charge in [-0.05, 0) is 43.7 Å². The molecule has 2 aromatic rings. The van der Waals surface area contributed by atoms with Crippen LogP contribution < -0.4 is 10.2 Å². The molecule has 2 N–H and O–H groups in total. The van der Waals surface area contributed by atoms with E-state index < -0.39 is 46.1 Å². The van der Waals surface area contributed by atoms with Crippen LogP contribution >= 0.6 is 0 Å². The lowest BCUT2D eigenvalue weighted by molar-refractivity contribution is -0.172. The van der Waals surface area contributed by atoms with Crippen LogP contribution in [-0.4, -0.2) is 67.6 Å². The van der Waals surface area contributed by atoms with Gasteiger partial charge < -0.3 is 24.2 Å². The first-order valence-corrected chi connectivity index (χ1v) is 12.2. The van der Waals surface area contributed by atoms with Gasteiger partial charge in [-0.1, -0.05) is 30.3 Å². The molecule has 2 saturated heterocycles. The Bertz CT molecular complexity index is 1110. The molecule has 2 aromatic carbocycles. The summed E-state index contributed by atoms with van der Waals surface area (Å²) in [6.07, 6.45) is -3.18. The number of aliphatic hydroxyl groups is 1. The van der Waals surface area contributed by atoms with Crippen molar-refractivity contribution in [3.63, 3.8) is 0 Å². The molecule has 0 spiro atoms. The lowest BCUT2D eigenvalue weighted by atomic mass is 9.96. The molecule has 2 heterocycles. The van der Waals surface area contributed by atoms with Gasteiger partial charge in [-0.25, -0.2) is 13.2 Å². The molecule has 0 aromatic heterocycles. The average molecular weight is 493 g/mol. The Hall–Kier alpha value is -2.54. The Balaban J connectivity index is 1.60. The highest BCUT2D eigenvalue weighted by atomic mass is 32.2. The number of carbonyl (C=O) groups excluding carboxylic acids is 1. The first-order valence-electron chi connectivity index (χ1n) is 10.8. The van der Waals surface area contributed by atoms with E-state index in [1.165, 1.54) is 31.4 Å². The molecule has 0 bridgehead atoms. The molecule has 0 saturated carbocycles. The van der Waals surface area contributed by atoms with Gasteiger partial charge in [-0.3, -0.25) is 0 Å². The summed E-state index contributed by atoms with van der Waals surface area (Å²) < 4.78 is 44.7. The lowest BCUT2D eigenvalue weighted by Gasteiger charge is -2.40. The summed E-state index contributed by atoms with van der Waals surface area (Å²) in [5, 5.41) is 11.1. The number of hydroxylamine groups is 1. The van der Waals surface area contributed by atoms with Gasteiger partial charge in [0.1, 0.15) is 24.1 Å². The van der Waals surface area contributed by atoms with Gasteiger partial charge in [0.25, 0.3) is 0 Å². The minimum atomic E-state index is -4.21. The van der Waals surface area contributed by atoms with E-state index in [4.69, 9.17) is 19.0 Å². The van der Waals surface area contributed by atoms with Crippen molar-refractivity contribution in [1.82, 2.24) is 9.79 Å². The van der Waals surface area contributed by atoms with Crippen LogP contribution in [0.2, 0.25) is 0 Å². The molecule has 0 amide bonds. The highest BCUT2D eigenvalue weighted by molar-refractivity contribution is 7.89. The first-order chi connectivity index (χ1) is 16.1. The molecule has 2 fully saturated rings. The van der Waals surface area contributed by atoms with Crippen LogP contribution in [0.25, 0.3) is 0 Å². The summed E-state index contributed by atoms with van der Waals surface area (Å²) in [4.78, 5) is 18.2. The summed E-state index contributed by atoms with van der Waals surface area (Å²) in [6, 6.07) is 13.4. The number of aliphatic hydroxyl groups excluding tert-OH is 1. The summed E-state index contributed by atoms with van der Waals surface area (Å²) in [5.41, 5.74) is 3.41. The number of sulfonamides is 1. The summed E-state index contributed by atoms with van der Waals surface area (Å²) in [5.74, 6) is -1.52. The van der Waals surface area contributed by atoms with E-state index in [9.17, 15) is 18.3 Å². The number of rotatable bonds is 7. The Kier molecular flexibility index (Phi) is 6.94. The number of hydrogen-bond acceptors (Lipinski definition) is 9. The zero-order valence-electron chi connectivity index (χ0n) is 19.1. The third-order valence-electron chi connectivity index (χ3n) is 5.75. The van der Waals surface area contributed by atoms with Crippen molar-refractivity contribution in [2.75, 3.05) is 13.7 Å². The quantitative estimate of drug-likeness (QED) is 0.549. The van der Waals surface area contributed by atoms with Gasteiger partial charge in [0, 0.05) is 6.54 Å².